The summed E-state index contributed by atoms with van der Waals surface area (Å²) in [6, 6.07) is 10.4. The van der Waals surface area contributed by atoms with Crippen LogP contribution in [0.25, 0.3) is 0 Å². The van der Waals surface area contributed by atoms with E-state index in [2.05, 4.69) is 6.92 Å². The van der Waals surface area contributed by atoms with Gasteiger partial charge in [0.15, 0.2) is 11.6 Å². The van der Waals surface area contributed by atoms with Crippen molar-refractivity contribution in [2.45, 2.75) is 52.1 Å². The van der Waals surface area contributed by atoms with Gasteiger partial charge in [0.05, 0.1) is 12.2 Å². The van der Waals surface area contributed by atoms with E-state index < -0.39 is 0 Å². The lowest BCUT2D eigenvalue weighted by Crippen LogP contribution is -2.23. The van der Waals surface area contributed by atoms with Gasteiger partial charge in [0.25, 0.3) is 0 Å². The smallest absolute Gasteiger partial charge is 0.196 e. The van der Waals surface area contributed by atoms with Crippen molar-refractivity contribution in [1.29, 1.82) is 0 Å². The summed E-state index contributed by atoms with van der Waals surface area (Å²) in [7, 11) is 0. The number of carbonyl (C=O) groups is 2. The number of nitrogens with two attached hydrogens (primary N) is 1. The molecule has 4 nitrogen and oxygen atoms in total. The quantitative estimate of drug-likeness (QED) is 0.431. The van der Waals surface area contributed by atoms with E-state index in [1.54, 1.807) is 36.4 Å². The minimum Gasteiger partial charge on any atom is -0.398 e. The van der Waals surface area contributed by atoms with Crippen LogP contribution in [0.2, 0.25) is 0 Å². The highest BCUT2D eigenvalue weighted by Gasteiger charge is 2.31. The van der Waals surface area contributed by atoms with Gasteiger partial charge in [-0.05, 0) is 12.5 Å². The third-order valence-corrected chi connectivity index (χ3v) is 5.12. The Morgan fingerprint density at radius 1 is 0.815 bits per heavy atom. The average molecular weight is 365 g/mol. The molecule has 3 rings (SSSR count). The lowest BCUT2D eigenvalue weighted by Gasteiger charge is -2.20. The maximum atomic E-state index is 12.9. The zero-order chi connectivity index (χ0) is 19.2. The summed E-state index contributed by atoms with van der Waals surface area (Å²) < 4.78 is 5.75. The largest absolute Gasteiger partial charge is 0.398 e. The Morgan fingerprint density at radius 3 is 2.22 bits per heavy atom. The van der Waals surface area contributed by atoms with Crippen molar-refractivity contribution in [1.82, 2.24) is 0 Å². The normalized spacial score (nSPS) is 12.8. The van der Waals surface area contributed by atoms with Gasteiger partial charge in [-0.2, -0.15) is 0 Å². The zero-order valence-electron chi connectivity index (χ0n) is 15.9. The zero-order valence-corrected chi connectivity index (χ0v) is 15.9. The fraction of sp³-hybridized carbons (Fsp3) is 0.391. The number of ether oxygens (including phenoxy) is 1. The molecule has 0 fully saturated rings. The minimum absolute atomic E-state index is 0.147. The third kappa shape index (κ3) is 4.11. The number of hydrogen-bond donors (Lipinski definition) is 1. The molecule has 1 aliphatic rings. The summed E-state index contributed by atoms with van der Waals surface area (Å²) in [6.45, 7) is 3.25. The molecule has 142 valence electrons. The highest BCUT2D eigenvalue weighted by Crippen LogP contribution is 2.32. The summed E-state index contributed by atoms with van der Waals surface area (Å²) in [6.07, 6.45) is 7.27. The first-order valence-electron chi connectivity index (χ1n) is 9.82. The number of nitrogen functional groups attached to an aromatic ring is 1. The van der Waals surface area contributed by atoms with Crippen LogP contribution in [0, 0.1) is 0 Å². The van der Waals surface area contributed by atoms with Gasteiger partial charge in [-0.1, -0.05) is 69.4 Å². The maximum Gasteiger partial charge on any atom is 0.196 e. The number of fused-ring (bicyclic) bond motifs is 2. The van der Waals surface area contributed by atoms with Gasteiger partial charge in [-0.3, -0.25) is 9.59 Å². The molecule has 0 heterocycles. The highest BCUT2D eigenvalue weighted by atomic mass is 16.5. The fourth-order valence-electron chi connectivity index (χ4n) is 3.55. The second kappa shape index (κ2) is 8.96. The van der Waals surface area contributed by atoms with E-state index in [0.717, 1.165) is 12.0 Å². The molecule has 27 heavy (non-hydrogen) atoms. The molecule has 0 saturated carbocycles. The Balaban J connectivity index is 1.65. The molecule has 0 radical (unpaired) electrons. The molecular formula is C23H27NO3. The van der Waals surface area contributed by atoms with Gasteiger partial charge in [-0.15, -0.1) is 0 Å². The second-order valence-electron chi connectivity index (χ2n) is 7.09. The number of unbranched alkanes of at least 4 members (excludes halogenated alkanes) is 5. The molecule has 0 bridgehead atoms. The van der Waals surface area contributed by atoms with Gasteiger partial charge >= 0.3 is 0 Å². The first-order chi connectivity index (χ1) is 13.1. The van der Waals surface area contributed by atoms with Crippen LogP contribution in [0.15, 0.2) is 36.4 Å². The number of hydrogen-bond acceptors (Lipinski definition) is 4. The first kappa shape index (κ1) is 19.3. The van der Waals surface area contributed by atoms with Gasteiger partial charge < -0.3 is 10.5 Å². The molecule has 0 spiro atoms. The van der Waals surface area contributed by atoms with E-state index >= 15 is 0 Å². The summed E-state index contributed by atoms with van der Waals surface area (Å²) in [5.41, 5.74) is 8.96. The van der Waals surface area contributed by atoms with Crippen LogP contribution in [-0.4, -0.2) is 18.2 Å². The number of benzene rings is 2. The van der Waals surface area contributed by atoms with Gasteiger partial charge in [-0.25, -0.2) is 0 Å². The summed E-state index contributed by atoms with van der Waals surface area (Å²) >= 11 is 0. The Labute approximate surface area is 160 Å². The van der Waals surface area contributed by atoms with E-state index in [1.165, 1.54) is 32.1 Å². The van der Waals surface area contributed by atoms with Crippen LogP contribution >= 0.6 is 0 Å². The molecule has 4 heteroatoms. The molecule has 0 unspecified atom stereocenters. The topological polar surface area (TPSA) is 69.4 Å². The van der Waals surface area contributed by atoms with E-state index in [0.29, 0.717) is 41.2 Å². The Hall–Kier alpha value is -2.46. The lowest BCUT2D eigenvalue weighted by molar-refractivity contribution is 0.0978. The number of anilines is 1. The van der Waals surface area contributed by atoms with Crippen LogP contribution < -0.4 is 5.73 Å². The van der Waals surface area contributed by atoms with Gasteiger partial charge in [0, 0.05) is 34.5 Å². The van der Waals surface area contributed by atoms with E-state index in [1.807, 2.05) is 0 Å². The Morgan fingerprint density at radius 2 is 1.48 bits per heavy atom. The first-order valence-corrected chi connectivity index (χ1v) is 9.82. The fourth-order valence-corrected chi connectivity index (χ4v) is 3.55. The van der Waals surface area contributed by atoms with E-state index in [9.17, 15) is 9.59 Å². The van der Waals surface area contributed by atoms with Crippen molar-refractivity contribution < 1.29 is 14.3 Å². The summed E-state index contributed by atoms with van der Waals surface area (Å²) in [4.78, 5) is 25.5. The molecule has 0 atom stereocenters. The Bertz CT molecular complexity index is 842. The SMILES string of the molecule is CCCCCCCCOCc1ccc2c(c1N)C(=O)c1ccccc1C2=O. The molecule has 2 aromatic rings. The average Bonchev–Trinajstić information content (AvgIpc) is 2.69. The highest BCUT2D eigenvalue weighted by molar-refractivity contribution is 6.30. The van der Waals surface area contributed by atoms with Crippen molar-refractivity contribution in [2.75, 3.05) is 12.3 Å². The minimum atomic E-state index is -0.185. The molecular weight excluding hydrogens is 338 g/mol. The predicted octanol–water partition coefficient (Wildman–Crippen LogP) is 4.92. The van der Waals surface area contributed by atoms with E-state index in [-0.39, 0.29) is 11.6 Å². The molecule has 0 aromatic heterocycles. The number of rotatable bonds is 9. The van der Waals surface area contributed by atoms with Crippen LogP contribution in [0.3, 0.4) is 0 Å². The number of carbonyl (C=O) groups excluding carboxylic acids is 2. The van der Waals surface area contributed by atoms with Crippen molar-refractivity contribution in [3.05, 3.63) is 64.2 Å². The lowest BCUT2D eigenvalue weighted by atomic mass is 9.82. The Kier molecular flexibility index (Phi) is 6.40. The van der Waals surface area contributed by atoms with Crippen molar-refractivity contribution in [3.8, 4) is 0 Å². The molecule has 2 N–H and O–H groups in total. The standard InChI is InChI=1S/C23H27NO3/c1-2-3-4-5-6-9-14-27-15-16-12-13-19-20(21(16)24)23(26)18-11-8-7-10-17(18)22(19)25/h7-8,10-13H,2-6,9,14-15,24H2,1H3. The van der Waals surface area contributed by atoms with Crippen LogP contribution in [-0.2, 0) is 11.3 Å². The van der Waals surface area contributed by atoms with Crippen molar-refractivity contribution in [3.63, 3.8) is 0 Å². The van der Waals surface area contributed by atoms with Crippen molar-refractivity contribution in [2.24, 2.45) is 0 Å². The van der Waals surface area contributed by atoms with E-state index in [4.69, 9.17) is 10.5 Å². The van der Waals surface area contributed by atoms with Crippen LogP contribution in [0.1, 0.15) is 82.9 Å². The third-order valence-electron chi connectivity index (χ3n) is 5.12. The van der Waals surface area contributed by atoms with Crippen LogP contribution in [0.5, 0.6) is 0 Å². The molecule has 1 aliphatic carbocycles. The van der Waals surface area contributed by atoms with Crippen LogP contribution in [0.4, 0.5) is 5.69 Å². The molecule has 0 aliphatic heterocycles. The summed E-state index contributed by atoms with van der Waals surface area (Å²) in [5.74, 6) is -0.332. The molecule has 0 amide bonds. The summed E-state index contributed by atoms with van der Waals surface area (Å²) in [5, 5.41) is 0. The monoisotopic (exact) mass is 365 g/mol. The maximum absolute atomic E-state index is 12.9. The van der Waals surface area contributed by atoms with Gasteiger partial charge in [0.2, 0.25) is 0 Å². The predicted molar refractivity (Wildman–Crippen MR) is 107 cm³/mol. The number of ketones is 2. The molecule has 0 saturated heterocycles. The second-order valence-corrected chi connectivity index (χ2v) is 7.09. The van der Waals surface area contributed by atoms with Gasteiger partial charge in [0.1, 0.15) is 0 Å². The molecule has 2 aromatic carbocycles. The van der Waals surface area contributed by atoms with Crippen molar-refractivity contribution >= 4 is 17.3 Å².